The Morgan fingerprint density at radius 1 is 1.48 bits per heavy atom. The van der Waals surface area contributed by atoms with Gasteiger partial charge >= 0.3 is 0 Å². The summed E-state index contributed by atoms with van der Waals surface area (Å²) in [5.41, 5.74) is 0.395. The molecule has 21 heavy (non-hydrogen) atoms. The van der Waals surface area contributed by atoms with E-state index in [0.717, 1.165) is 30.5 Å². The maximum absolute atomic E-state index is 11.5. The minimum atomic E-state index is -1.04. The molecule has 4 nitrogen and oxygen atoms in total. The summed E-state index contributed by atoms with van der Waals surface area (Å²) in [4.78, 5) is 2.21. The summed E-state index contributed by atoms with van der Waals surface area (Å²) in [6, 6.07) is -0.00986. The molecule has 2 aliphatic carbocycles. The molecule has 3 bridgehead atoms. The van der Waals surface area contributed by atoms with Gasteiger partial charge in [0.1, 0.15) is 17.8 Å². The van der Waals surface area contributed by atoms with Crippen molar-refractivity contribution >= 4 is 0 Å². The third kappa shape index (κ3) is 1.40. The lowest BCUT2D eigenvalue weighted by atomic mass is 9.49. The lowest BCUT2D eigenvalue weighted by Gasteiger charge is -2.64. The molecule has 2 N–H and O–H groups in total. The van der Waals surface area contributed by atoms with Gasteiger partial charge < -0.3 is 14.9 Å². The van der Waals surface area contributed by atoms with Crippen LogP contribution in [0, 0.1) is 5.41 Å². The van der Waals surface area contributed by atoms with Gasteiger partial charge in [0.25, 0.3) is 0 Å². The SMILES string of the molecule is C=C1/C2=C\C=C/O[C@H]3[C@@H](O)C=CC4(O)C(C2)N(C)CCC134. The molecule has 4 heteroatoms. The number of ether oxygens (including phenoxy) is 1. The van der Waals surface area contributed by atoms with Gasteiger partial charge in [-0.15, -0.1) is 0 Å². The number of hydrogen-bond acceptors (Lipinski definition) is 4. The van der Waals surface area contributed by atoms with Gasteiger partial charge in [-0.25, -0.2) is 0 Å². The van der Waals surface area contributed by atoms with Crippen LogP contribution in [0.15, 0.2) is 48.3 Å². The molecule has 0 aromatic carbocycles. The number of likely N-dealkylation sites (tertiary alicyclic amines) is 1. The molecule has 5 atom stereocenters. The van der Waals surface area contributed by atoms with E-state index < -0.39 is 23.2 Å². The molecule has 0 amide bonds. The fourth-order valence-electron chi connectivity index (χ4n) is 4.75. The first kappa shape index (κ1) is 13.3. The van der Waals surface area contributed by atoms with E-state index in [2.05, 4.69) is 18.5 Å². The van der Waals surface area contributed by atoms with Crippen LogP contribution < -0.4 is 0 Å². The van der Waals surface area contributed by atoms with Gasteiger partial charge in [-0.05, 0) is 43.7 Å². The third-order valence-corrected chi connectivity index (χ3v) is 5.90. The largest absolute Gasteiger partial charge is 0.494 e. The van der Waals surface area contributed by atoms with Crippen molar-refractivity contribution in [2.75, 3.05) is 13.6 Å². The van der Waals surface area contributed by atoms with E-state index in [1.165, 1.54) is 0 Å². The van der Waals surface area contributed by atoms with Crippen molar-refractivity contribution in [2.45, 2.75) is 36.7 Å². The Morgan fingerprint density at radius 3 is 3.10 bits per heavy atom. The highest BCUT2D eigenvalue weighted by molar-refractivity contribution is 5.51. The van der Waals surface area contributed by atoms with Gasteiger partial charge in [-0.3, -0.25) is 4.90 Å². The van der Waals surface area contributed by atoms with Crippen LogP contribution in [0.3, 0.4) is 0 Å². The molecule has 2 heterocycles. The predicted octanol–water partition coefficient (Wildman–Crippen LogP) is 1.14. The van der Waals surface area contributed by atoms with Crippen molar-refractivity contribution in [1.82, 2.24) is 4.90 Å². The summed E-state index contributed by atoms with van der Waals surface area (Å²) in [6.45, 7) is 5.16. The second-order valence-corrected chi connectivity index (χ2v) is 6.65. The molecule has 3 unspecified atom stereocenters. The summed E-state index contributed by atoms with van der Waals surface area (Å²) >= 11 is 0. The Hall–Kier alpha value is -1.36. The summed E-state index contributed by atoms with van der Waals surface area (Å²) in [5, 5.41) is 22.0. The van der Waals surface area contributed by atoms with Gasteiger partial charge in [0, 0.05) is 6.04 Å². The van der Waals surface area contributed by atoms with Gasteiger partial charge in [0.15, 0.2) is 0 Å². The smallest absolute Gasteiger partial charge is 0.140 e. The Morgan fingerprint density at radius 2 is 2.29 bits per heavy atom. The summed E-state index contributed by atoms with van der Waals surface area (Å²) in [5.74, 6) is 0. The highest BCUT2D eigenvalue weighted by Gasteiger charge is 2.68. The normalized spacial score (nSPS) is 52.2. The van der Waals surface area contributed by atoms with Crippen molar-refractivity contribution < 1.29 is 14.9 Å². The van der Waals surface area contributed by atoms with E-state index in [4.69, 9.17) is 4.74 Å². The van der Waals surface area contributed by atoms with E-state index in [-0.39, 0.29) is 6.04 Å². The van der Waals surface area contributed by atoms with Gasteiger partial charge in [-0.1, -0.05) is 24.8 Å². The van der Waals surface area contributed by atoms with Gasteiger partial charge in [0.2, 0.25) is 0 Å². The fraction of sp³-hybridized carbons (Fsp3) is 0.529. The molecule has 2 fully saturated rings. The molecule has 4 aliphatic rings. The molecule has 0 aromatic heterocycles. The molecule has 4 rings (SSSR count). The molecule has 112 valence electrons. The maximum Gasteiger partial charge on any atom is 0.140 e. The fourth-order valence-corrected chi connectivity index (χ4v) is 4.75. The Balaban J connectivity index is 2.01. The Labute approximate surface area is 124 Å². The summed E-state index contributed by atoms with van der Waals surface area (Å²) in [6.07, 6.45) is 9.25. The molecule has 1 saturated carbocycles. The zero-order valence-corrected chi connectivity index (χ0v) is 12.2. The highest BCUT2D eigenvalue weighted by Crippen LogP contribution is 2.61. The standard InChI is InChI=1S/C17H21NO3/c1-11-12-4-3-9-21-15-13(19)5-6-17(20)14(10-12)18(2)8-7-16(11,15)17/h3-6,9,13-15,19-20H,1,7-8,10H2,2H3/b9-3-,12-4-/t13-,14?,15-,16?,17?/m0/s1. The van der Waals surface area contributed by atoms with Crippen LogP contribution in [0.25, 0.3) is 0 Å². The van der Waals surface area contributed by atoms with E-state index in [1.807, 2.05) is 12.2 Å². The number of aliphatic hydroxyl groups is 2. The van der Waals surface area contributed by atoms with Crippen LogP contribution in [-0.2, 0) is 4.74 Å². The lowest BCUT2D eigenvalue weighted by Crippen LogP contribution is -2.74. The van der Waals surface area contributed by atoms with Crippen molar-refractivity contribution in [3.05, 3.63) is 48.3 Å². The maximum atomic E-state index is 11.5. The molecule has 0 radical (unpaired) electrons. The first-order valence-electron chi connectivity index (χ1n) is 7.52. The topological polar surface area (TPSA) is 52.9 Å². The molecule has 2 aliphatic heterocycles. The molecular formula is C17H21NO3. The van der Waals surface area contributed by atoms with Crippen molar-refractivity contribution in [2.24, 2.45) is 5.41 Å². The number of likely N-dealkylation sites (N-methyl/N-ethyl adjacent to an activating group) is 1. The number of nitrogens with zero attached hydrogens (tertiary/aromatic N) is 1. The number of allylic oxidation sites excluding steroid dienone is 2. The van der Waals surface area contributed by atoms with E-state index in [9.17, 15) is 10.2 Å². The van der Waals surface area contributed by atoms with E-state index >= 15 is 0 Å². The first-order chi connectivity index (χ1) is 10.0. The van der Waals surface area contributed by atoms with Crippen molar-refractivity contribution in [1.29, 1.82) is 0 Å². The van der Waals surface area contributed by atoms with E-state index in [0.29, 0.717) is 0 Å². The number of piperidine rings is 1. The molecule has 1 spiro atoms. The second-order valence-electron chi connectivity index (χ2n) is 6.65. The summed E-state index contributed by atoms with van der Waals surface area (Å²) < 4.78 is 5.83. The van der Waals surface area contributed by atoms with Crippen molar-refractivity contribution in [3.8, 4) is 0 Å². The lowest BCUT2D eigenvalue weighted by molar-refractivity contribution is -0.196. The number of aliphatic hydroxyl groups excluding tert-OH is 1. The monoisotopic (exact) mass is 287 g/mol. The molecule has 0 aromatic rings. The number of rotatable bonds is 0. The molecular weight excluding hydrogens is 266 g/mol. The minimum Gasteiger partial charge on any atom is -0.494 e. The van der Waals surface area contributed by atoms with Crippen LogP contribution in [0.1, 0.15) is 12.8 Å². The van der Waals surface area contributed by atoms with Crippen LogP contribution in [0.5, 0.6) is 0 Å². The van der Waals surface area contributed by atoms with E-state index in [1.54, 1.807) is 18.4 Å². The Bertz CT molecular complexity index is 593. The van der Waals surface area contributed by atoms with Crippen LogP contribution in [0.4, 0.5) is 0 Å². The average Bonchev–Trinajstić information content (AvgIpc) is 2.44. The predicted molar refractivity (Wildman–Crippen MR) is 79.4 cm³/mol. The first-order valence-corrected chi connectivity index (χ1v) is 7.52. The van der Waals surface area contributed by atoms with Crippen molar-refractivity contribution in [3.63, 3.8) is 0 Å². The highest BCUT2D eigenvalue weighted by atomic mass is 16.5. The van der Waals surface area contributed by atoms with Crippen LogP contribution in [0.2, 0.25) is 0 Å². The minimum absolute atomic E-state index is 0.00986. The zero-order chi connectivity index (χ0) is 14.8. The number of fused-ring (bicyclic) bond motifs is 1. The van der Waals surface area contributed by atoms with Crippen LogP contribution >= 0.6 is 0 Å². The zero-order valence-electron chi connectivity index (χ0n) is 12.2. The number of hydrogen-bond donors (Lipinski definition) is 2. The third-order valence-electron chi connectivity index (χ3n) is 5.90. The van der Waals surface area contributed by atoms with Gasteiger partial charge in [0.05, 0.1) is 11.7 Å². The summed E-state index contributed by atoms with van der Waals surface area (Å²) in [7, 11) is 2.05. The average molecular weight is 287 g/mol. The molecule has 1 saturated heterocycles. The van der Waals surface area contributed by atoms with Gasteiger partial charge in [-0.2, -0.15) is 0 Å². The second kappa shape index (κ2) is 4.09. The van der Waals surface area contributed by atoms with Crippen LogP contribution in [-0.4, -0.2) is 52.6 Å². The Kier molecular flexibility index (Phi) is 2.60. The quantitative estimate of drug-likeness (QED) is 0.656.